The number of aliphatic hydroxyl groups is 1. The third kappa shape index (κ3) is 1.30. The standard InChI is InChI=1S/C9H13IN2O2/c1-10-9-5-12-11-3-6(9)2-8(14)7(9)4-13/h2,7,11-13H,1,3-5H2/t7-,9+/m1/s1. The summed E-state index contributed by atoms with van der Waals surface area (Å²) in [5.74, 6) is -0.186. The lowest BCUT2D eigenvalue weighted by molar-refractivity contribution is -0.118. The number of hydrogen-bond donors (Lipinski definition) is 3. The molecular weight excluding hydrogens is 295 g/mol. The predicted octanol–water partition coefficient (Wildman–Crippen LogP) is -0.647. The molecule has 3 N–H and O–H groups in total. The summed E-state index contributed by atoms with van der Waals surface area (Å²) >= 11 is -0.354. The van der Waals surface area contributed by atoms with Crippen molar-refractivity contribution in [3.8, 4) is 0 Å². The fourth-order valence-corrected chi connectivity index (χ4v) is 4.42. The molecule has 0 amide bonds. The molecule has 2 rings (SSSR count). The minimum absolute atomic E-state index is 0.0598. The molecular formula is C9H13IN2O2. The Hall–Kier alpha value is -0.110. The van der Waals surface area contributed by atoms with Crippen molar-refractivity contribution in [3.05, 3.63) is 11.6 Å². The Balaban J connectivity index is 2.41. The Morgan fingerprint density at radius 3 is 3.14 bits per heavy atom. The van der Waals surface area contributed by atoms with Crippen LogP contribution in [0.25, 0.3) is 0 Å². The van der Waals surface area contributed by atoms with Crippen LogP contribution < -0.4 is 10.9 Å². The second-order valence-electron chi connectivity index (χ2n) is 3.51. The van der Waals surface area contributed by atoms with Crippen molar-refractivity contribution in [2.75, 3.05) is 19.7 Å². The third-order valence-corrected chi connectivity index (χ3v) is 6.10. The fraction of sp³-hybridized carbons (Fsp3) is 0.556. The molecule has 1 saturated heterocycles. The number of rotatable bonds is 2. The molecule has 0 bridgehead atoms. The normalized spacial score (nSPS) is 36.8. The Morgan fingerprint density at radius 2 is 2.50 bits per heavy atom. The molecule has 0 unspecified atom stereocenters. The molecule has 2 atom stereocenters. The molecule has 0 aromatic heterocycles. The van der Waals surface area contributed by atoms with Crippen molar-refractivity contribution in [1.82, 2.24) is 10.9 Å². The van der Waals surface area contributed by atoms with E-state index in [1.807, 2.05) is 0 Å². The zero-order valence-corrected chi connectivity index (χ0v) is 9.87. The van der Waals surface area contributed by atoms with E-state index >= 15 is 0 Å². The molecule has 1 fully saturated rings. The van der Waals surface area contributed by atoms with Crippen LogP contribution in [-0.4, -0.2) is 38.5 Å². The molecule has 0 saturated carbocycles. The van der Waals surface area contributed by atoms with Crippen LogP contribution in [-0.2, 0) is 4.79 Å². The molecule has 0 spiro atoms. The van der Waals surface area contributed by atoms with Crippen LogP contribution in [0, 0.1) is 5.92 Å². The van der Waals surface area contributed by atoms with Gasteiger partial charge in [-0.25, -0.2) is 0 Å². The van der Waals surface area contributed by atoms with Gasteiger partial charge in [-0.05, 0) is 11.6 Å². The van der Waals surface area contributed by atoms with Gasteiger partial charge in [-0.1, -0.05) is 4.51 Å². The molecule has 1 heterocycles. The number of aliphatic hydroxyl groups excluding tert-OH is 1. The highest BCUT2D eigenvalue weighted by Gasteiger charge is 2.49. The zero-order valence-electron chi connectivity index (χ0n) is 7.72. The predicted molar refractivity (Wildman–Crippen MR) is 63.5 cm³/mol. The van der Waals surface area contributed by atoms with E-state index < -0.39 is 0 Å². The monoisotopic (exact) mass is 308 g/mol. The van der Waals surface area contributed by atoms with Crippen LogP contribution in [0.2, 0.25) is 0 Å². The molecule has 0 aromatic carbocycles. The number of nitrogens with one attached hydrogen (secondary N) is 2. The van der Waals surface area contributed by atoms with Gasteiger partial charge in [0.25, 0.3) is 0 Å². The van der Waals surface area contributed by atoms with Crippen LogP contribution in [0.1, 0.15) is 0 Å². The number of hydrazine groups is 1. The Kier molecular flexibility index (Phi) is 2.83. The van der Waals surface area contributed by atoms with Gasteiger partial charge in [0, 0.05) is 13.1 Å². The van der Waals surface area contributed by atoms with Crippen molar-refractivity contribution in [2.24, 2.45) is 5.92 Å². The average molecular weight is 308 g/mol. The smallest absolute Gasteiger partial charge is 0.162 e. The van der Waals surface area contributed by atoms with Crippen molar-refractivity contribution in [2.45, 2.75) is 3.42 Å². The van der Waals surface area contributed by atoms with Gasteiger partial charge in [0.2, 0.25) is 0 Å². The van der Waals surface area contributed by atoms with E-state index in [0.29, 0.717) is 13.1 Å². The number of hydrogen-bond acceptors (Lipinski definition) is 4. The van der Waals surface area contributed by atoms with Crippen molar-refractivity contribution in [1.29, 1.82) is 0 Å². The average Bonchev–Trinajstić information content (AvgIpc) is 2.49. The highest BCUT2D eigenvalue weighted by Crippen LogP contribution is 2.44. The molecule has 4 nitrogen and oxygen atoms in total. The molecule has 5 heteroatoms. The second-order valence-corrected chi connectivity index (χ2v) is 6.20. The van der Waals surface area contributed by atoms with E-state index in [-0.39, 0.29) is 42.5 Å². The zero-order chi connectivity index (χ0) is 10.2. The Labute approximate surface area is 92.5 Å². The summed E-state index contributed by atoms with van der Waals surface area (Å²) < 4.78 is 3.87. The number of allylic oxidation sites excluding steroid dienone is 1. The summed E-state index contributed by atoms with van der Waals surface area (Å²) in [6, 6.07) is 0. The summed E-state index contributed by atoms with van der Waals surface area (Å²) in [4.78, 5) is 11.6. The van der Waals surface area contributed by atoms with Gasteiger partial charge < -0.3 is 5.11 Å². The topological polar surface area (TPSA) is 61.4 Å². The second kappa shape index (κ2) is 3.80. The highest BCUT2D eigenvalue weighted by molar-refractivity contribution is 14.2. The number of carbonyl (C=O) groups is 1. The maximum atomic E-state index is 11.6. The number of carbonyl (C=O) groups excluding carboxylic acids is 1. The van der Waals surface area contributed by atoms with Crippen LogP contribution in [0.5, 0.6) is 0 Å². The van der Waals surface area contributed by atoms with E-state index in [1.165, 1.54) is 0 Å². The van der Waals surface area contributed by atoms with Gasteiger partial charge in [0.1, 0.15) is 0 Å². The minimum atomic E-state index is -0.354. The van der Waals surface area contributed by atoms with Crippen LogP contribution in [0.15, 0.2) is 11.6 Å². The largest absolute Gasteiger partial charge is 0.396 e. The van der Waals surface area contributed by atoms with Crippen LogP contribution in [0.4, 0.5) is 0 Å². The summed E-state index contributed by atoms with van der Waals surface area (Å²) in [7, 11) is 0. The lowest BCUT2D eigenvalue weighted by Gasteiger charge is -2.37. The minimum Gasteiger partial charge on any atom is -0.396 e. The Bertz CT molecular complexity index is 316. The first-order chi connectivity index (χ1) is 6.74. The first-order valence-corrected chi connectivity index (χ1v) is 7.06. The number of ketones is 1. The summed E-state index contributed by atoms with van der Waals surface area (Å²) in [5, 5.41) is 9.26. The summed E-state index contributed by atoms with van der Waals surface area (Å²) in [5.41, 5.74) is 7.21. The van der Waals surface area contributed by atoms with Crippen LogP contribution in [0.3, 0.4) is 0 Å². The molecule has 78 valence electrons. The van der Waals surface area contributed by atoms with E-state index in [2.05, 4.69) is 15.4 Å². The van der Waals surface area contributed by atoms with Crippen molar-refractivity contribution >= 4 is 31.0 Å². The maximum absolute atomic E-state index is 11.6. The molecule has 14 heavy (non-hydrogen) atoms. The number of halogens is 1. The van der Waals surface area contributed by atoms with Gasteiger partial charge in [-0.2, -0.15) is 0 Å². The van der Waals surface area contributed by atoms with E-state index in [0.717, 1.165) is 5.57 Å². The highest BCUT2D eigenvalue weighted by atomic mass is 127. The van der Waals surface area contributed by atoms with E-state index in [1.54, 1.807) is 6.08 Å². The van der Waals surface area contributed by atoms with Gasteiger partial charge in [-0.15, -0.1) is 20.7 Å². The number of alkyl halides is 1. The van der Waals surface area contributed by atoms with E-state index in [9.17, 15) is 9.90 Å². The third-order valence-electron chi connectivity index (χ3n) is 2.92. The summed E-state index contributed by atoms with van der Waals surface area (Å²) in [6.45, 7) is 1.35. The van der Waals surface area contributed by atoms with Gasteiger partial charge >= 0.3 is 0 Å². The van der Waals surface area contributed by atoms with Crippen LogP contribution >= 0.6 is 20.7 Å². The van der Waals surface area contributed by atoms with E-state index in [4.69, 9.17) is 0 Å². The number of fused-ring (bicyclic) bond motifs is 1. The quantitative estimate of drug-likeness (QED) is 0.469. The SMILES string of the molecule is C=I[C@@]12CNNCC1=CC(=O)[C@H]2CO. The lowest BCUT2D eigenvalue weighted by Crippen LogP contribution is -2.55. The Morgan fingerprint density at radius 1 is 1.71 bits per heavy atom. The first kappa shape index (κ1) is 10.4. The van der Waals surface area contributed by atoms with Crippen molar-refractivity contribution < 1.29 is 9.90 Å². The maximum Gasteiger partial charge on any atom is 0.162 e. The van der Waals surface area contributed by atoms with Gasteiger partial charge in [0.15, 0.2) is 5.78 Å². The molecule has 2 aliphatic rings. The molecule has 0 aromatic rings. The molecule has 1 aliphatic heterocycles. The summed E-state index contributed by atoms with van der Waals surface area (Å²) in [6.07, 6.45) is 1.69. The van der Waals surface area contributed by atoms with Gasteiger partial charge in [0.05, 0.1) is 15.9 Å². The first-order valence-electron chi connectivity index (χ1n) is 4.45. The van der Waals surface area contributed by atoms with Gasteiger partial charge in [-0.3, -0.25) is 15.6 Å². The molecule has 1 aliphatic carbocycles. The fourth-order valence-electron chi connectivity index (χ4n) is 2.09. The molecule has 0 radical (unpaired) electrons. The van der Waals surface area contributed by atoms with Crippen molar-refractivity contribution in [3.63, 3.8) is 0 Å². The lowest BCUT2D eigenvalue weighted by atomic mass is 9.90.